The van der Waals surface area contributed by atoms with Crippen molar-refractivity contribution in [3.8, 4) is 11.3 Å². The van der Waals surface area contributed by atoms with Crippen LogP contribution in [0.2, 0.25) is 10.3 Å². The van der Waals surface area contributed by atoms with Gasteiger partial charge in [-0.15, -0.1) is 0 Å². The summed E-state index contributed by atoms with van der Waals surface area (Å²) in [4.78, 5) is 19.6. The number of hydrogen-bond donors (Lipinski definition) is 0. The van der Waals surface area contributed by atoms with Gasteiger partial charge in [-0.1, -0.05) is 11.6 Å². The zero-order valence-corrected chi connectivity index (χ0v) is 12.6. The predicted octanol–water partition coefficient (Wildman–Crippen LogP) is 3.43. The Kier molecular flexibility index (Phi) is 3.96. The number of halogens is 2. The molecule has 0 aliphatic heterocycles. The van der Waals surface area contributed by atoms with Crippen LogP contribution in [-0.4, -0.2) is 31.4 Å². The minimum atomic E-state index is -0.598. The molecule has 0 aliphatic rings. The normalized spacial score (nSPS) is 11.4. The number of carbonyl (C=O) groups excluding carboxylic acids is 1. The average Bonchev–Trinajstić information content (AvgIpc) is 2.79. The molecule has 2 heterocycles. The van der Waals surface area contributed by atoms with Gasteiger partial charge < -0.3 is 4.74 Å². The Balaban J connectivity index is 2.29. The van der Waals surface area contributed by atoms with Crippen LogP contribution in [0.25, 0.3) is 11.3 Å². The van der Waals surface area contributed by atoms with Gasteiger partial charge in [0.1, 0.15) is 5.60 Å². The summed E-state index contributed by atoms with van der Waals surface area (Å²) in [6, 6.07) is 0. The highest BCUT2D eigenvalue weighted by Gasteiger charge is 2.19. The van der Waals surface area contributed by atoms with Crippen molar-refractivity contribution < 1.29 is 9.53 Å². The summed E-state index contributed by atoms with van der Waals surface area (Å²) < 4.78 is 6.27. The van der Waals surface area contributed by atoms with E-state index in [4.69, 9.17) is 27.9 Å². The molecule has 0 N–H and O–H groups in total. The molecule has 0 unspecified atom stereocenters. The molecule has 0 amide bonds. The lowest BCUT2D eigenvalue weighted by Crippen LogP contribution is -2.27. The minimum Gasteiger partial charge on any atom is -0.442 e. The molecule has 0 bridgehead atoms. The highest BCUT2D eigenvalue weighted by atomic mass is 35.5. The number of aromatic nitrogens is 4. The van der Waals surface area contributed by atoms with Gasteiger partial charge >= 0.3 is 6.09 Å². The molecule has 0 aromatic carbocycles. The number of rotatable bonds is 1. The maximum absolute atomic E-state index is 11.8. The van der Waals surface area contributed by atoms with Crippen molar-refractivity contribution in [2.45, 2.75) is 26.4 Å². The smallest absolute Gasteiger partial charge is 0.435 e. The van der Waals surface area contributed by atoms with E-state index in [1.807, 2.05) is 0 Å². The largest absolute Gasteiger partial charge is 0.442 e. The molecule has 8 heteroatoms. The molecule has 0 radical (unpaired) electrons. The van der Waals surface area contributed by atoms with Crippen LogP contribution in [0.5, 0.6) is 0 Å². The number of ether oxygens (including phenoxy) is 1. The molecule has 0 aliphatic carbocycles. The molecular weight excluding hydrogens is 303 g/mol. The fraction of sp³-hybridized carbons (Fsp3) is 0.333. The van der Waals surface area contributed by atoms with E-state index >= 15 is 0 Å². The highest BCUT2D eigenvalue weighted by Crippen LogP contribution is 2.25. The van der Waals surface area contributed by atoms with Crippen molar-refractivity contribution in [3.63, 3.8) is 0 Å². The van der Waals surface area contributed by atoms with E-state index < -0.39 is 11.7 Å². The Labute approximate surface area is 125 Å². The molecule has 0 atom stereocenters. The molecule has 6 nitrogen and oxygen atoms in total. The van der Waals surface area contributed by atoms with Gasteiger partial charge in [0, 0.05) is 11.8 Å². The van der Waals surface area contributed by atoms with Crippen molar-refractivity contribution in [1.29, 1.82) is 0 Å². The summed E-state index contributed by atoms with van der Waals surface area (Å²) >= 11 is 11.7. The van der Waals surface area contributed by atoms with E-state index in [1.54, 1.807) is 20.8 Å². The van der Waals surface area contributed by atoms with E-state index in [1.165, 1.54) is 18.6 Å². The third-order valence-corrected chi connectivity index (χ3v) is 2.61. The zero-order valence-electron chi connectivity index (χ0n) is 11.1. The quantitative estimate of drug-likeness (QED) is 0.754. The first-order valence-corrected chi connectivity index (χ1v) is 6.48. The monoisotopic (exact) mass is 314 g/mol. The van der Waals surface area contributed by atoms with Gasteiger partial charge in [-0.25, -0.2) is 14.8 Å². The Morgan fingerprint density at radius 3 is 2.65 bits per heavy atom. The van der Waals surface area contributed by atoms with Crippen LogP contribution >= 0.6 is 23.2 Å². The Hall–Kier alpha value is -1.66. The highest BCUT2D eigenvalue weighted by molar-refractivity contribution is 6.33. The maximum atomic E-state index is 11.8. The third-order valence-electron chi connectivity index (χ3n) is 2.15. The standard InChI is InChI=1S/C12H12Cl2N4O2/c1-12(2,3)20-11(19)18-6-7(4-16-18)9-8(13)5-15-10(14)17-9/h4-6H,1-3H3. The summed E-state index contributed by atoms with van der Waals surface area (Å²) in [6.45, 7) is 5.32. The van der Waals surface area contributed by atoms with Crippen LogP contribution in [0, 0.1) is 0 Å². The van der Waals surface area contributed by atoms with Gasteiger partial charge in [-0.3, -0.25) is 0 Å². The van der Waals surface area contributed by atoms with Gasteiger partial charge in [-0.05, 0) is 32.4 Å². The van der Waals surface area contributed by atoms with Crippen LogP contribution in [0.4, 0.5) is 4.79 Å². The fourth-order valence-electron chi connectivity index (χ4n) is 1.40. The van der Waals surface area contributed by atoms with Crippen LogP contribution in [0.3, 0.4) is 0 Å². The molecule has 0 saturated heterocycles. The second-order valence-corrected chi connectivity index (χ2v) is 5.73. The number of carbonyl (C=O) groups is 1. The van der Waals surface area contributed by atoms with Gasteiger partial charge in [0.2, 0.25) is 5.28 Å². The summed E-state index contributed by atoms with van der Waals surface area (Å²) in [5.74, 6) is 0. The van der Waals surface area contributed by atoms with Crippen LogP contribution < -0.4 is 0 Å². The van der Waals surface area contributed by atoms with E-state index in [-0.39, 0.29) is 5.28 Å². The van der Waals surface area contributed by atoms with Gasteiger partial charge in [0.15, 0.2) is 0 Å². The summed E-state index contributed by atoms with van der Waals surface area (Å²) in [5, 5.41) is 4.31. The lowest BCUT2D eigenvalue weighted by Gasteiger charge is -2.18. The van der Waals surface area contributed by atoms with Gasteiger partial charge in [-0.2, -0.15) is 9.78 Å². The van der Waals surface area contributed by atoms with E-state index in [0.29, 0.717) is 16.3 Å². The molecular formula is C12H12Cl2N4O2. The first-order valence-electron chi connectivity index (χ1n) is 5.73. The summed E-state index contributed by atoms with van der Waals surface area (Å²) in [6.07, 6.45) is 3.73. The maximum Gasteiger partial charge on any atom is 0.435 e. The van der Waals surface area contributed by atoms with Crippen molar-refractivity contribution in [3.05, 3.63) is 28.9 Å². The molecule has 2 aromatic heterocycles. The van der Waals surface area contributed by atoms with E-state index in [9.17, 15) is 4.79 Å². The van der Waals surface area contributed by atoms with Crippen LogP contribution in [-0.2, 0) is 4.74 Å². The van der Waals surface area contributed by atoms with E-state index in [0.717, 1.165) is 4.68 Å². The number of hydrogen-bond acceptors (Lipinski definition) is 5. The lowest BCUT2D eigenvalue weighted by molar-refractivity contribution is 0.0514. The minimum absolute atomic E-state index is 0.0643. The molecule has 20 heavy (non-hydrogen) atoms. The molecule has 106 valence electrons. The Morgan fingerprint density at radius 1 is 1.30 bits per heavy atom. The first kappa shape index (κ1) is 14.7. The van der Waals surface area contributed by atoms with Crippen LogP contribution in [0.1, 0.15) is 20.8 Å². The van der Waals surface area contributed by atoms with Crippen molar-refractivity contribution in [2.75, 3.05) is 0 Å². The second kappa shape index (κ2) is 5.38. The van der Waals surface area contributed by atoms with Crippen molar-refractivity contribution in [1.82, 2.24) is 19.7 Å². The van der Waals surface area contributed by atoms with E-state index in [2.05, 4.69) is 15.1 Å². The van der Waals surface area contributed by atoms with Crippen molar-refractivity contribution in [2.24, 2.45) is 0 Å². The molecule has 0 fully saturated rings. The van der Waals surface area contributed by atoms with Gasteiger partial charge in [0.25, 0.3) is 0 Å². The molecule has 2 rings (SSSR count). The zero-order chi connectivity index (χ0) is 14.9. The third kappa shape index (κ3) is 3.46. The molecule has 2 aromatic rings. The summed E-state index contributed by atoms with van der Waals surface area (Å²) in [5.41, 5.74) is 0.352. The second-order valence-electron chi connectivity index (χ2n) is 4.99. The Bertz CT molecular complexity index is 649. The Morgan fingerprint density at radius 2 is 2.00 bits per heavy atom. The first-order chi connectivity index (χ1) is 9.26. The summed E-state index contributed by atoms with van der Waals surface area (Å²) in [7, 11) is 0. The fourth-order valence-corrected chi connectivity index (χ4v) is 1.74. The number of nitrogens with zero attached hydrogens (tertiary/aromatic N) is 4. The van der Waals surface area contributed by atoms with Gasteiger partial charge in [0.05, 0.1) is 23.1 Å². The SMILES string of the molecule is CC(C)(C)OC(=O)n1cc(-c2nc(Cl)ncc2Cl)cn1. The van der Waals surface area contributed by atoms with Crippen molar-refractivity contribution >= 4 is 29.3 Å². The topological polar surface area (TPSA) is 69.9 Å². The van der Waals surface area contributed by atoms with Crippen LogP contribution in [0.15, 0.2) is 18.6 Å². The molecule has 0 spiro atoms. The lowest BCUT2D eigenvalue weighted by atomic mass is 10.2. The average molecular weight is 315 g/mol. The molecule has 0 saturated carbocycles. The predicted molar refractivity (Wildman–Crippen MR) is 74.9 cm³/mol.